The molecular formula is C22H27NO4. The number of methoxy groups -OCH3 is 2. The van der Waals surface area contributed by atoms with Crippen LogP contribution in [0.4, 0.5) is 0 Å². The molecule has 1 amide bonds. The van der Waals surface area contributed by atoms with Gasteiger partial charge >= 0.3 is 0 Å². The van der Waals surface area contributed by atoms with Crippen molar-refractivity contribution < 1.29 is 19.4 Å². The van der Waals surface area contributed by atoms with Crippen LogP contribution in [-0.4, -0.2) is 43.2 Å². The number of hydrogen-bond acceptors (Lipinski definition) is 4. The quantitative estimate of drug-likeness (QED) is 0.849. The Balaban J connectivity index is 1.59. The Kier molecular flexibility index (Phi) is 6.35. The standard InChI is InChI=1S/C22H27NO4/c1-26-19-8-9-20(27-2)18(14-19)15-21(24)23-12-10-17(11-13-23)22(25)16-6-4-3-5-7-16/h3-9,14,17,22,25H,10-13,15H2,1-2H3. The van der Waals surface area contributed by atoms with Crippen LogP contribution in [0.2, 0.25) is 0 Å². The second kappa shape index (κ2) is 8.91. The highest BCUT2D eigenvalue weighted by Crippen LogP contribution is 2.31. The van der Waals surface area contributed by atoms with E-state index in [0.717, 1.165) is 24.0 Å². The smallest absolute Gasteiger partial charge is 0.227 e. The molecule has 0 saturated carbocycles. The Morgan fingerprint density at radius 3 is 2.44 bits per heavy atom. The predicted octanol–water partition coefficient (Wildman–Crippen LogP) is 3.22. The third-order valence-corrected chi connectivity index (χ3v) is 5.31. The first-order valence-electron chi connectivity index (χ1n) is 9.34. The maximum atomic E-state index is 12.7. The van der Waals surface area contributed by atoms with Crippen LogP contribution < -0.4 is 9.47 Å². The minimum atomic E-state index is -0.470. The average Bonchev–Trinajstić information content (AvgIpc) is 2.73. The number of aliphatic hydroxyl groups excluding tert-OH is 1. The molecule has 0 radical (unpaired) electrons. The van der Waals surface area contributed by atoms with Crippen molar-refractivity contribution in [1.29, 1.82) is 0 Å². The van der Waals surface area contributed by atoms with E-state index in [9.17, 15) is 9.90 Å². The van der Waals surface area contributed by atoms with E-state index in [2.05, 4.69) is 0 Å². The zero-order valence-electron chi connectivity index (χ0n) is 15.9. The number of carbonyl (C=O) groups excluding carboxylic acids is 1. The zero-order valence-corrected chi connectivity index (χ0v) is 15.9. The van der Waals surface area contributed by atoms with E-state index >= 15 is 0 Å². The number of ether oxygens (including phenoxy) is 2. The van der Waals surface area contributed by atoms with Crippen molar-refractivity contribution in [2.24, 2.45) is 5.92 Å². The number of rotatable bonds is 6. The maximum Gasteiger partial charge on any atom is 0.227 e. The van der Waals surface area contributed by atoms with E-state index < -0.39 is 6.10 Å². The lowest BCUT2D eigenvalue weighted by Gasteiger charge is -2.34. The lowest BCUT2D eigenvalue weighted by Crippen LogP contribution is -2.40. The molecule has 144 valence electrons. The highest BCUT2D eigenvalue weighted by molar-refractivity contribution is 5.79. The van der Waals surface area contributed by atoms with E-state index in [1.807, 2.05) is 53.4 Å². The zero-order chi connectivity index (χ0) is 19.2. The monoisotopic (exact) mass is 369 g/mol. The number of carbonyl (C=O) groups is 1. The van der Waals surface area contributed by atoms with Gasteiger partial charge in [0.05, 0.1) is 26.7 Å². The summed E-state index contributed by atoms with van der Waals surface area (Å²) >= 11 is 0. The number of aliphatic hydroxyl groups is 1. The second-order valence-electron chi connectivity index (χ2n) is 6.93. The molecule has 0 bridgehead atoms. The van der Waals surface area contributed by atoms with Gasteiger partial charge in [-0.1, -0.05) is 30.3 Å². The van der Waals surface area contributed by atoms with Crippen LogP contribution in [0.25, 0.3) is 0 Å². The fourth-order valence-electron chi connectivity index (χ4n) is 3.68. The van der Waals surface area contributed by atoms with Gasteiger partial charge in [0.25, 0.3) is 0 Å². The molecule has 1 unspecified atom stereocenters. The molecule has 1 aliphatic rings. The van der Waals surface area contributed by atoms with Gasteiger partial charge in [-0.15, -0.1) is 0 Å². The van der Waals surface area contributed by atoms with Crippen LogP contribution in [0.5, 0.6) is 11.5 Å². The summed E-state index contributed by atoms with van der Waals surface area (Å²) < 4.78 is 10.6. The molecule has 5 nitrogen and oxygen atoms in total. The number of nitrogens with zero attached hydrogens (tertiary/aromatic N) is 1. The number of hydrogen-bond donors (Lipinski definition) is 1. The van der Waals surface area contributed by atoms with Crippen molar-refractivity contribution in [3.63, 3.8) is 0 Å². The highest BCUT2D eigenvalue weighted by Gasteiger charge is 2.28. The van der Waals surface area contributed by atoms with E-state index in [4.69, 9.17) is 9.47 Å². The molecule has 1 aliphatic heterocycles. The maximum absolute atomic E-state index is 12.7. The van der Waals surface area contributed by atoms with E-state index in [-0.39, 0.29) is 18.2 Å². The Morgan fingerprint density at radius 1 is 1.11 bits per heavy atom. The Hall–Kier alpha value is -2.53. The first-order chi connectivity index (χ1) is 13.1. The third kappa shape index (κ3) is 4.61. The van der Waals surface area contributed by atoms with Gasteiger partial charge in [-0.3, -0.25) is 4.79 Å². The Morgan fingerprint density at radius 2 is 1.81 bits per heavy atom. The molecule has 1 N–H and O–H groups in total. The molecule has 1 fully saturated rings. The summed E-state index contributed by atoms with van der Waals surface area (Å²) in [5.74, 6) is 1.67. The molecule has 2 aromatic rings. The van der Waals surface area contributed by atoms with Crippen molar-refractivity contribution in [3.8, 4) is 11.5 Å². The van der Waals surface area contributed by atoms with Crippen LogP contribution in [0.15, 0.2) is 48.5 Å². The molecule has 2 aromatic carbocycles. The molecule has 27 heavy (non-hydrogen) atoms. The molecule has 1 atom stereocenters. The lowest BCUT2D eigenvalue weighted by molar-refractivity contribution is -0.132. The van der Waals surface area contributed by atoms with E-state index in [1.165, 1.54) is 0 Å². The minimum absolute atomic E-state index is 0.0780. The average molecular weight is 369 g/mol. The van der Waals surface area contributed by atoms with E-state index in [0.29, 0.717) is 24.6 Å². The minimum Gasteiger partial charge on any atom is -0.497 e. The van der Waals surface area contributed by atoms with Gasteiger partial charge in [0.1, 0.15) is 11.5 Å². The topological polar surface area (TPSA) is 59.0 Å². The lowest BCUT2D eigenvalue weighted by atomic mass is 9.87. The normalized spacial score (nSPS) is 16.0. The summed E-state index contributed by atoms with van der Waals surface area (Å²) in [5.41, 5.74) is 1.77. The summed E-state index contributed by atoms with van der Waals surface area (Å²) in [6.07, 6.45) is 1.42. The first kappa shape index (κ1) is 19.2. The van der Waals surface area contributed by atoms with Crippen molar-refractivity contribution in [2.75, 3.05) is 27.3 Å². The van der Waals surface area contributed by atoms with Crippen molar-refractivity contribution >= 4 is 5.91 Å². The Labute approximate surface area is 160 Å². The van der Waals surface area contributed by atoms with Crippen LogP contribution in [0.3, 0.4) is 0 Å². The molecule has 1 saturated heterocycles. The highest BCUT2D eigenvalue weighted by atomic mass is 16.5. The van der Waals surface area contributed by atoms with Gasteiger partial charge in [-0.25, -0.2) is 0 Å². The van der Waals surface area contributed by atoms with Gasteiger partial charge in [0, 0.05) is 18.7 Å². The SMILES string of the molecule is COc1ccc(OC)c(CC(=O)N2CCC(C(O)c3ccccc3)CC2)c1. The summed E-state index contributed by atoms with van der Waals surface area (Å²) in [5, 5.41) is 10.6. The second-order valence-corrected chi connectivity index (χ2v) is 6.93. The van der Waals surface area contributed by atoms with Crippen LogP contribution in [0.1, 0.15) is 30.1 Å². The molecule has 1 heterocycles. The largest absolute Gasteiger partial charge is 0.497 e. The number of piperidine rings is 1. The molecule has 5 heteroatoms. The molecular weight excluding hydrogens is 342 g/mol. The van der Waals surface area contributed by atoms with Gasteiger partial charge in [-0.2, -0.15) is 0 Å². The predicted molar refractivity (Wildman–Crippen MR) is 104 cm³/mol. The summed E-state index contributed by atoms with van der Waals surface area (Å²) in [6.45, 7) is 1.33. The summed E-state index contributed by atoms with van der Waals surface area (Å²) in [6, 6.07) is 15.2. The van der Waals surface area contributed by atoms with Crippen molar-refractivity contribution in [3.05, 3.63) is 59.7 Å². The van der Waals surface area contributed by atoms with Crippen LogP contribution in [-0.2, 0) is 11.2 Å². The fraction of sp³-hybridized carbons (Fsp3) is 0.409. The van der Waals surface area contributed by atoms with Crippen LogP contribution in [0, 0.1) is 5.92 Å². The third-order valence-electron chi connectivity index (χ3n) is 5.31. The molecule has 3 rings (SSSR count). The van der Waals surface area contributed by atoms with Gasteiger partial charge in [0.15, 0.2) is 0 Å². The molecule has 0 aliphatic carbocycles. The molecule has 0 aromatic heterocycles. The number of amides is 1. The van der Waals surface area contributed by atoms with Gasteiger partial charge in [-0.05, 0) is 42.5 Å². The Bertz CT molecular complexity index is 754. The fourth-order valence-corrected chi connectivity index (χ4v) is 3.68. The number of likely N-dealkylation sites (tertiary alicyclic amines) is 1. The number of benzene rings is 2. The van der Waals surface area contributed by atoms with Gasteiger partial charge in [0.2, 0.25) is 5.91 Å². The van der Waals surface area contributed by atoms with E-state index in [1.54, 1.807) is 14.2 Å². The van der Waals surface area contributed by atoms with Crippen LogP contribution >= 0.6 is 0 Å². The van der Waals surface area contributed by atoms with Gasteiger partial charge < -0.3 is 19.5 Å². The first-order valence-corrected chi connectivity index (χ1v) is 9.34. The van der Waals surface area contributed by atoms with Crippen molar-refractivity contribution in [2.45, 2.75) is 25.4 Å². The summed E-state index contributed by atoms with van der Waals surface area (Å²) in [7, 11) is 3.21. The molecule has 0 spiro atoms. The van der Waals surface area contributed by atoms with Crippen molar-refractivity contribution in [1.82, 2.24) is 4.90 Å². The summed E-state index contributed by atoms with van der Waals surface area (Å²) in [4.78, 5) is 14.6.